The predicted molar refractivity (Wildman–Crippen MR) is 109 cm³/mol. The third-order valence-electron chi connectivity index (χ3n) is 5.71. The lowest BCUT2D eigenvalue weighted by atomic mass is 10.1. The van der Waals surface area contributed by atoms with Crippen LogP contribution in [0.25, 0.3) is 11.2 Å². The van der Waals surface area contributed by atoms with E-state index in [-0.39, 0.29) is 17.1 Å². The molecule has 0 atom stereocenters. The molecule has 2 fully saturated rings. The third kappa shape index (κ3) is 3.41. The first-order chi connectivity index (χ1) is 14.4. The monoisotopic (exact) mass is 431 g/mol. The molecule has 0 unspecified atom stereocenters. The fraction of sp³-hybridized carbons (Fsp3) is 0.474. The van der Waals surface area contributed by atoms with Crippen molar-refractivity contribution in [1.29, 1.82) is 0 Å². The first-order valence-electron chi connectivity index (χ1n) is 10.0. The normalized spacial score (nSPS) is 18.7. The molecule has 158 valence electrons. The maximum Gasteiger partial charge on any atom is 0.216 e. The number of halogens is 1. The van der Waals surface area contributed by atoms with Gasteiger partial charge in [0.2, 0.25) is 10.0 Å². The Morgan fingerprint density at radius 1 is 1.13 bits per heavy atom. The number of hydrogen-bond acceptors (Lipinski definition) is 7. The quantitative estimate of drug-likeness (QED) is 0.662. The van der Waals surface area contributed by atoms with Crippen LogP contribution in [0.5, 0.6) is 0 Å². The molecule has 5 rings (SSSR count). The number of fused-ring (bicyclic) bond motifs is 1. The van der Waals surface area contributed by atoms with Gasteiger partial charge in [0.05, 0.1) is 17.0 Å². The van der Waals surface area contributed by atoms with Crippen molar-refractivity contribution in [3.05, 3.63) is 35.9 Å². The minimum Gasteiger partial charge on any atom is -0.336 e. The average molecular weight is 431 g/mol. The van der Waals surface area contributed by atoms with E-state index in [4.69, 9.17) is 0 Å². The fourth-order valence-corrected chi connectivity index (χ4v) is 5.74. The van der Waals surface area contributed by atoms with Gasteiger partial charge in [-0.1, -0.05) is 11.3 Å². The van der Waals surface area contributed by atoms with Gasteiger partial charge in [-0.3, -0.25) is 0 Å². The number of nitrogens with one attached hydrogen (secondary N) is 1. The first-order valence-corrected chi connectivity index (χ1v) is 11.5. The number of aryl methyl sites for hydroxylation is 1. The second-order valence-corrected chi connectivity index (χ2v) is 10.1. The molecule has 1 aliphatic heterocycles. The average Bonchev–Trinajstić information content (AvgIpc) is 3.51. The van der Waals surface area contributed by atoms with Crippen LogP contribution in [-0.2, 0) is 10.0 Å². The number of sulfonamides is 1. The molecule has 1 saturated carbocycles. The van der Waals surface area contributed by atoms with Gasteiger partial charge in [-0.15, -0.1) is 5.10 Å². The van der Waals surface area contributed by atoms with Gasteiger partial charge in [-0.25, -0.2) is 31.8 Å². The van der Waals surface area contributed by atoms with Crippen LogP contribution in [0.3, 0.4) is 0 Å². The molecular formula is C19H22FN7O2S. The Morgan fingerprint density at radius 2 is 1.90 bits per heavy atom. The Hall–Kier alpha value is -2.66. The van der Waals surface area contributed by atoms with Gasteiger partial charge >= 0.3 is 0 Å². The lowest BCUT2D eigenvalue weighted by molar-refractivity contribution is 0.262. The van der Waals surface area contributed by atoms with Crippen LogP contribution in [0.2, 0.25) is 0 Å². The summed E-state index contributed by atoms with van der Waals surface area (Å²) in [4.78, 5) is 8.53. The standard InChI is InChI=1S/C19H22FN7O2S/c1-12-2-5-16(15(20)10-12)23-18-17-19(22-11-21-18)27(25-24-17)13-6-8-26(9-7-13)30(28,29)14-3-4-14/h2,5,10-11,13-14H,3-4,6-9H2,1H3,(H,21,22,23). The first kappa shape index (κ1) is 19.3. The summed E-state index contributed by atoms with van der Waals surface area (Å²) < 4.78 is 42.5. The van der Waals surface area contributed by atoms with Crippen LogP contribution in [0.1, 0.15) is 37.3 Å². The number of piperidine rings is 1. The molecule has 2 aliphatic rings. The van der Waals surface area contributed by atoms with Crippen molar-refractivity contribution in [3.63, 3.8) is 0 Å². The summed E-state index contributed by atoms with van der Waals surface area (Å²) in [5.41, 5.74) is 2.12. The molecule has 3 aromatic rings. The molecule has 2 aromatic heterocycles. The molecule has 30 heavy (non-hydrogen) atoms. The van der Waals surface area contributed by atoms with Gasteiger partial charge in [-0.2, -0.15) is 0 Å². The lowest BCUT2D eigenvalue weighted by Gasteiger charge is -2.31. The van der Waals surface area contributed by atoms with E-state index in [0.29, 0.717) is 48.6 Å². The number of benzene rings is 1. The van der Waals surface area contributed by atoms with Crippen LogP contribution in [-0.4, -0.2) is 56.0 Å². The maximum atomic E-state index is 14.2. The van der Waals surface area contributed by atoms with Gasteiger partial charge in [0.1, 0.15) is 12.1 Å². The van der Waals surface area contributed by atoms with Gasteiger partial charge in [0.15, 0.2) is 17.0 Å². The summed E-state index contributed by atoms with van der Waals surface area (Å²) in [6.45, 7) is 2.76. The summed E-state index contributed by atoms with van der Waals surface area (Å²) >= 11 is 0. The molecule has 0 spiro atoms. The lowest BCUT2D eigenvalue weighted by Crippen LogP contribution is -2.40. The van der Waals surface area contributed by atoms with Crippen molar-refractivity contribution in [3.8, 4) is 0 Å². The van der Waals surface area contributed by atoms with Crippen LogP contribution in [0.15, 0.2) is 24.5 Å². The van der Waals surface area contributed by atoms with Gasteiger partial charge in [-0.05, 0) is 50.3 Å². The van der Waals surface area contributed by atoms with Crippen LogP contribution in [0.4, 0.5) is 15.9 Å². The van der Waals surface area contributed by atoms with E-state index < -0.39 is 10.0 Å². The second kappa shape index (κ2) is 7.24. The Balaban J connectivity index is 1.37. The van der Waals surface area contributed by atoms with Crippen molar-refractivity contribution in [2.45, 2.75) is 43.9 Å². The van der Waals surface area contributed by atoms with E-state index in [1.165, 1.54) is 12.4 Å². The SMILES string of the molecule is Cc1ccc(Nc2ncnc3c2nnn3C2CCN(S(=O)(=O)C3CC3)CC2)c(F)c1. The van der Waals surface area contributed by atoms with E-state index in [1.807, 2.05) is 13.0 Å². The Morgan fingerprint density at radius 3 is 2.60 bits per heavy atom. The molecule has 0 radical (unpaired) electrons. The molecule has 1 saturated heterocycles. The van der Waals surface area contributed by atoms with E-state index in [1.54, 1.807) is 15.1 Å². The number of hydrogen-bond donors (Lipinski definition) is 1. The van der Waals surface area contributed by atoms with E-state index >= 15 is 0 Å². The predicted octanol–water partition coefficient (Wildman–Crippen LogP) is 2.54. The van der Waals surface area contributed by atoms with Crippen LogP contribution >= 0.6 is 0 Å². The zero-order valence-electron chi connectivity index (χ0n) is 16.5. The van der Waals surface area contributed by atoms with Crippen molar-refractivity contribution in [2.24, 2.45) is 0 Å². The fourth-order valence-electron chi connectivity index (χ4n) is 3.87. The molecule has 1 aromatic carbocycles. The van der Waals surface area contributed by atoms with Crippen molar-refractivity contribution < 1.29 is 12.8 Å². The van der Waals surface area contributed by atoms with Crippen LogP contribution < -0.4 is 5.32 Å². The summed E-state index contributed by atoms with van der Waals surface area (Å²) in [7, 11) is -3.16. The van der Waals surface area contributed by atoms with Gasteiger partial charge in [0, 0.05) is 13.1 Å². The molecule has 1 aliphatic carbocycles. The minimum atomic E-state index is -3.16. The Kier molecular flexibility index (Phi) is 4.66. The van der Waals surface area contributed by atoms with Crippen molar-refractivity contribution >= 4 is 32.7 Å². The highest BCUT2D eigenvalue weighted by atomic mass is 32.2. The van der Waals surface area contributed by atoms with Crippen LogP contribution in [0, 0.1) is 12.7 Å². The van der Waals surface area contributed by atoms with Crippen molar-refractivity contribution in [1.82, 2.24) is 29.3 Å². The second-order valence-electron chi connectivity index (χ2n) is 7.91. The molecular weight excluding hydrogens is 409 g/mol. The molecule has 3 heterocycles. The molecule has 1 N–H and O–H groups in total. The zero-order valence-corrected chi connectivity index (χ0v) is 17.3. The summed E-state index contributed by atoms with van der Waals surface area (Å²) in [6, 6.07) is 4.91. The zero-order chi connectivity index (χ0) is 20.9. The highest BCUT2D eigenvalue weighted by molar-refractivity contribution is 7.90. The van der Waals surface area contributed by atoms with Gasteiger partial charge in [0.25, 0.3) is 0 Å². The summed E-state index contributed by atoms with van der Waals surface area (Å²) in [6.07, 6.45) is 4.21. The minimum absolute atomic E-state index is 0.000450. The van der Waals surface area contributed by atoms with E-state index in [0.717, 1.165) is 18.4 Å². The highest BCUT2D eigenvalue weighted by Gasteiger charge is 2.41. The van der Waals surface area contributed by atoms with E-state index in [2.05, 4.69) is 25.6 Å². The van der Waals surface area contributed by atoms with Gasteiger partial charge < -0.3 is 5.32 Å². The Labute approximate surface area is 173 Å². The smallest absolute Gasteiger partial charge is 0.216 e. The maximum absolute atomic E-state index is 14.2. The summed E-state index contributed by atoms with van der Waals surface area (Å²) in [5, 5.41) is 11.3. The number of rotatable bonds is 5. The third-order valence-corrected chi connectivity index (χ3v) is 8.11. The summed E-state index contributed by atoms with van der Waals surface area (Å²) in [5.74, 6) is 0.00106. The topological polar surface area (TPSA) is 106 Å². The number of nitrogens with zero attached hydrogens (tertiary/aromatic N) is 6. The molecule has 0 amide bonds. The number of anilines is 2. The van der Waals surface area contributed by atoms with Crippen molar-refractivity contribution in [2.75, 3.05) is 18.4 Å². The largest absolute Gasteiger partial charge is 0.336 e. The molecule has 9 nitrogen and oxygen atoms in total. The van der Waals surface area contributed by atoms with E-state index in [9.17, 15) is 12.8 Å². The molecule has 11 heteroatoms. The number of aromatic nitrogens is 5. The Bertz CT molecular complexity index is 1200. The highest BCUT2D eigenvalue weighted by Crippen LogP contribution is 2.34. The molecule has 0 bridgehead atoms.